The van der Waals surface area contributed by atoms with Gasteiger partial charge in [0, 0.05) is 17.2 Å². The van der Waals surface area contributed by atoms with Crippen molar-refractivity contribution in [2.75, 3.05) is 13.7 Å². The second-order valence-electron chi connectivity index (χ2n) is 6.42. The molecule has 0 bridgehead atoms. The predicted molar refractivity (Wildman–Crippen MR) is 109 cm³/mol. The quantitative estimate of drug-likeness (QED) is 0.459. The Labute approximate surface area is 168 Å². The van der Waals surface area contributed by atoms with Crippen LogP contribution in [-0.2, 0) is 0 Å². The normalized spacial score (nSPS) is 13.7. The number of carbonyl (C=O) groups is 2. The maximum atomic E-state index is 12.6. The van der Waals surface area contributed by atoms with Crippen molar-refractivity contribution < 1.29 is 23.8 Å². The number of fused-ring (bicyclic) bond motifs is 1. The van der Waals surface area contributed by atoms with Gasteiger partial charge in [-0.15, -0.1) is 0 Å². The Morgan fingerprint density at radius 1 is 1.00 bits per heavy atom. The first-order valence-electron chi connectivity index (χ1n) is 9.08. The van der Waals surface area contributed by atoms with Crippen LogP contribution in [-0.4, -0.2) is 25.3 Å². The van der Waals surface area contributed by atoms with Gasteiger partial charge < -0.3 is 14.2 Å². The van der Waals surface area contributed by atoms with Crippen LogP contribution in [0.1, 0.15) is 26.3 Å². The fourth-order valence-corrected chi connectivity index (χ4v) is 3.04. The number of hydrogen-bond acceptors (Lipinski definition) is 5. The van der Waals surface area contributed by atoms with Crippen molar-refractivity contribution in [3.8, 4) is 17.2 Å². The molecule has 3 aromatic carbocycles. The largest absolute Gasteiger partial charge is 0.496 e. The second-order valence-corrected chi connectivity index (χ2v) is 6.42. The number of hydrogen-bond donors (Lipinski definition) is 0. The summed E-state index contributed by atoms with van der Waals surface area (Å²) in [5.41, 5.74) is 1.78. The van der Waals surface area contributed by atoms with E-state index in [-0.39, 0.29) is 23.9 Å². The summed E-state index contributed by atoms with van der Waals surface area (Å²) in [6.45, 7) is -0.0966. The number of ether oxygens (including phenoxy) is 3. The minimum absolute atomic E-state index is 0.0966. The summed E-state index contributed by atoms with van der Waals surface area (Å²) < 4.78 is 16.7. The van der Waals surface area contributed by atoms with Crippen molar-refractivity contribution in [2.24, 2.45) is 0 Å². The Kier molecular flexibility index (Phi) is 5.12. The summed E-state index contributed by atoms with van der Waals surface area (Å²) in [5, 5.41) is 0. The van der Waals surface area contributed by atoms with Crippen molar-refractivity contribution in [3.05, 3.63) is 95.2 Å². The SMILES string of the molecule is COc1ccccc1C=C1Oc2cc(OCC(=O)c3ccccc3)ccc2C1=O. The number of benzene rings is 3. The van der Waals surface area contributed by atoms with Crippen LogP contribution in [0.5, 0.6) is 17.2 Å². The summed E-state index contributed by atoms with van der Waals surface area (Å²) in [5.74, 6) is 1.38. The van der Waals surface area contributed by atoms with Crippen LogP contribution < -0.4 is 14.2 Å². The maximum Gasteiger partial charge on any atom is 0.231 e. The zero-order valence-corrected chi connectivity index (χ0v) is 15.8. The molecule has 0 aliphatic carbocycles. The van der Waals surface area contributed by atoms with E-state index in [9.17, 15) is 9.59 Å². The molecule has 0 fully saturated rings. The fourth-order valence-electron chi connectivity index (χ4n) is 3.04. The third-order valence-electron chi connectivity index (χ3n) is 4.53. The van der Waals surface area contributed by atoms with E-state index in [4.69, 9.17) is 14.2 Å². The third-order valence-corrected chi connectivity index (χ3v) is 4.53. The lowest BCUT2D eigenvalue weighted by Crippen LogP contribution is -2.11. The molecule has 5 heteroatoms. The van der Waals surface area contributed by atoms with E-state index < -0.39 is 0 Å². The van der Waals surface area contributed by atoms with Crippen molar-refractivity contribution >= 4 is 17.6 Å². The van der Waals surface area contributed by atoms with Gasteiger partial charge in [-0.3, -0.25) is 9.59 Å². The number of Topliss-reactive ketones (excluding diaryl/α,β-unsaturated/α-hetero) is 2. The van der Waals surface area contributed by atoms with Crippen LogP contribution in [0.3, 0.4) is 0 Å². The Hall–Kier alpha value is -3.86. The molecule has 5 nitrogen and oxygen atoms in total. The van der Waals surface area contributed by atoms with E-state index in [1.165, 1.54) is 0 Å². The number of ketones is 2. The van der Waals surface area contributed by atoms with E-state index in [2.05, 4.69) is 0 Å². The van der Waals surface area contributed by atoms with Gasteiger partial charge in [0.25, 0.3) is 0 Å². The molecule has 0 N–H and O–H groups in total. The van der Waals surface area contributed by atoms with Gasteiger partial charge in [-0.25, -0.2) is 0 Å². The van der Waals surface area contributed by atoms with Gasteiger partial charge in [0.1, 0.15) is 17.2 Å². The second kappa shape index (κ2) is 8.02. The Balaban J connectivity index is 1.50. The average Bonchev–Trinajstić information content (AvgIpc) is 3.07. The minimum atomic E-state index is -0.210. The Morgan fingerprint density at radius 3 is 2.55 bits per heavy atom. The Morgan fingerprint density at radius 2 is 1.76 bits per heavy atom. The zero-order valence-electron chi connectivity index (χ0n) is 15.8. The van der Waals surface area contributed by atoms with E-state index in [1.54, 1.807) is 55.7 Å². The van der Waals surface area contributed by atoms with Crippen LogP contribution in [0.15, 0.2) is 78.6 Å². The van der Waals surface area contributed by atoms with Gasteiger partial charge in [-0.2, -0.15) is 0 Å². The first-order valence-corrected chi connectivity index (χ1v) is 9.08. The average molecular weight is 386 g/mol. The van der Waals surface area contributed by atoms with Crippen LogP contribution in [0, 0.1) is 0 Å². The monoisotopic (exact) mass is 386 g/mol. The lowest BCUT2D eigenvalue weighted by Gasteiger charge is -2.07. The van der Waals surface area contributed by atoms with E-state index in [0.717, 1.165) is 5.56 Å². The first-order chi connectivity index (χ1) is 14.2. The van der Waals surface area contributed by atoms with Crippen molar-refractivity contribution in [2.45, 2.75) is 0 Å². The Bertz CT molecular complexity index is 1100. The molecule has 3 aromatic rings. The fraction of sp³-hybridized carbons (Fsp3) is 0.0833. The van der Waals surface area contributed by atoms with Gasteiger partial charge in [-0.05, 0) is 24.3 Å². The van der Waals surface area contributed by atoms with Gasteiger partial charge in [0.05, 0.1) is 12.7 Å². The zero-order chi connectivity index (χ0) is 20.2. The molecule has 144 valence electrons. The van der Waals surface area contributed by atoms with Crippen LogP contribution >= 0.6 is 0 Å². The molecule has 1 aliphatic rings. The van der Waals surface area contributed by atoms with Crippen molar-refractivity contribution in [1.29, 1.82) is 0 Å². The lowest BCUT2D eigenvalue weighted by atomic mass is 10.1. The first kappa shape index (κ1) is 18.5. The summed E-state index contributed by atoms with van der Waals surface area (Å²) in [7, 11) is 1.57. The van der Waals surface area contributed by atoms with Crippen molar-refractivity contribution in [3.63, 3.8) is 0 Å². The number of allylic oxidation sites excluding steroid dienone is 1. The highest BCUT2D eigenvalue weighted by Gasteiger charge is 2.28. The molecule has 0 amide bonds. The molecule has 0 spiro atoms. The number of para-hydroxylation sites is 1. The summed E-state index contributed by atoms with van der Waals surface area (Å²) in [4.78, 5) is 24.8. The van der Waals surface area contributed by atoms with E-state index in [0.29, 0.717) is 28.4 Å². The molecule has 0 saturated carbocycles. The topological polar surface area (TPSA) is 61.8 Å². The maximum absolute atomic E-state index is 12.6. The number of carbonyl (C=O) groups excluding carboxylic acids is 2. The smallest absolute Gasteiger partial charge is 0.231 e. The number of rotatable bonds is 6. The van der Waals surface area contributed by atoms with E-state index >= 15 is 0 Å². The molecule has 4 rings (SSSR count). The molecule has 1 heterocycles. The van der Waals surface area contributed by atoms with Crippen LogP contribution in [0.25, 0.3) is 6.08 Å². The highest BCUT2D eigenvalue weighted by atomic mass is 16.5. The van der Waals surface area contributed by atoms with Gasteiger partial charge in [0.15, 0.2) is 18.1 Å². The highest BCUT2D eigenvalue weighted by molar-refractivity contribution is 6.14. The highest BCUT2D eigenvalue weighted by Crippen LogP contribution is 2.35. The molecule has 1 aliphatic heterocycles. The van der Waals surface area contributed by atoms with Crippen molar-refractivity contribution in [1.82, 2.24) is 0 Å². The molecule has 29 heavy (non-hydrogen) atoms. The van der Waals surface area contributed by atoms with Crippen LogP contribution in [0.2, 0.25) is 0 Å². The molecule has 0 aromatic heterocycles. The van der Waals surface area contributed by atoms with Crippen LogP contribution in [0.4, 0.5) is 0 Å². The summed E-state index contributed by atoms with van der Waals surface area (Å²) >= 11 is 0. The molecular formula is C24H18O5. The van der Waals surface area contributed by atoms with Gasteiger partial charge in [0.2, 0.25) is 5.78 Å². The predicted octanol–water partition coefficient (Wildman–Crippen LogP) is 4.57. The molecule has 0 saturated heterocycles. The molecule has 0 radical (unpaired) electrons. The summed E-state index contributed by atoms with van der Waals surface area (Å²) in [6.07, 6.45) is 1.65. The molecule has 0 atom stereocenters. The lowest BCUT2D eigenvalue weighted by molar-refractivity contribution is 0.0921. The van der Waals surface area contributed by atoms with Gasteiger partial charge in [-0.1, -0.05) is 48.5 Å². The third kappa shape index (κ3) is 3.89. The number of methoxy groups -OCH3 is 1. The molecular weight excluding hydrogens is 368 g/mol. The van der Waals surface area contributed by atoms with Gasteiger partial charge >= 0.3 is 0 Å². The minimum Gasteiger partial charge on any atom is -0.496 e. The van der Waals surface area contributed by atoms with E-state index in [1.807, 2.05) is 30.3 Å². The molecule has 0 unspecified atom stereocenters. The summed E-state index contributed by atoms with van der Waals surface area (Å²) in [6, 6.07) is 21.2. The standard InChI is InChI=1S/C24H18O5/c1-27-21-10-6-5-9-17(21)13-23-24(26)19-12-11-18(14-22(19)29-23)28-15-20(25)16-7-3-2-4-8-16/h2-14H,15H2,1H3.